The number of carbonyl (C=O) groups excluding carboxylic acids is 1. The van der Waals surface area contributed by atoms with Crippen LogP contribution in [0.4, 0.5) is 0 Å². The van der Waals surface area contributed by atoms with Gasteiger partial charge in [-0.15, -0.1) is 0 Å². The van der Waals surface area contributed by atoms with E-state index >= 15 is 0 Å². The number of para-hydroxylation sites is 1. The van der Waals surface area contributed by atoms with Crippen molar-refractivity contribution in [2.45, 2.75) is 13.0 Å². The standard InChI is InChI=1S/C16H19N3O3/c1-12-10-18(8-9-22-12)16(20)15-14(21-2)11-19(17-15)13-6-4-3-5-7-13/h3-7,11-12H,8-10H2,1-2H3. The van der Waals surface area contributed by atoms with E-state index in [9.17, 15) is 4.79 Å². The molecule has 1 aromatic carbocycles. The van der Waals surface area contributed by atoms with Crippen LogP contribution in [0.5, 0.6) is 5.75 Å². The SMILES string of the molecule is COc1cn(-c2ccccc2)nc1C(=O)N1CCOC(C)C1. The summed E-state index contributed by atoms with van der Waals surface area (Å²) in [6, 6.07) is 9.64. The number of rotatable bonds is 3. The summed E-state index contributed by atoms with van der Waals surface area (Å²) in [4.78, 5) is 14.4. The van der Waals surface area contributed by atoms with Crippen LogP contribution in [0.15, 0.2) is 36.5 Å². The second-order valence-corrected chi connectivity index (χ2v) is 5.26. The van der Waals surface area contributed by atoms with Gasteiger partial charge in [-0.05, 0) is 19.1 Å². The van der Waals surface area contributed by atoms with Gasteiger partial charge in [-0.1, -0.05) is 18.2 Å². The molecule has 0 saturated carbocycles. The fourth-order valence-corrected chi connectivity index (χ4v) is 2.52. The first kappa shape index (κ1) is 14.6. The second-order valence-electron chi connectivity index (χ2n) is 5.26. The highest BCUT2D eigenvalue weighted by molar-refractivity contribution is 5.95. The molecule has 2 aromatic rings. The van der Waals surface area contributed by atoms with Crippen molar-refractivity contribution in [1.82, 2.24) is 14.7 Å². The zero-order valence-corrected chi connectivity index (χ0v) is 12.7. The van der Waals surface area contributed by atoms with Gasteiger partial charge in [0.05, 0.1) is 31.7 Å². The van der Waals surface area contributed by atoms with Gasteiger partial charge in [-0.3, -0.25) is 4.79 Å². The third-order valence-electron chi connectivity index (χ3n) is 3.65. The van der Waals surface area contributed by atoms with E-state index in [0.29, 0.717) is 31.1 Å². The third kappa shape index (κ3) is 2.82. The van der Waals surface area contributed by atoms with Gasteiger partial charge in [0.25, 0.3) is 5.91 Å². The van der Waals surface area contributed by atoms with Crippen LogP contribution in [0.2, 0.25) is 0 Å². The van der Waals surface area contributed by atoms with Gasteiger partial charge in [0.2, 0.25) is 0 Å². The van der Waals surface area contributed by atoms with Crippen molar-refractivity contribution >= 4 is 5.91 Å². The van der Waals surface area contributed by atoms with E-state index < -0.39 is 0 Å². The summed E-state index contributed by atoms with van der Waals surface area (Å²) >= 11 is 0. The van der Waals surface area contributed by atoms with E-state index in [1.165, 1.54) is 0 Å². The van der Waals surface area contributed by atoms with Crippen LogP contribution in [0.1, 0.15) is 17.4 Å². The lowest BCUT2D eigenvalue weighted by molar-refractivity contribution is -0.0127. The molecule has 0 spiro atoms. The maximum Gasteiger partial charge on any atom is 0.278 e. The van der Waals surface area contributed by atoms with Crippen LogP contribution in [0.3, 0.4) is 0 Å². The number of methoxy groups -OCH3 is 1. The number of hydrogen-bond donors (Lipinski definition) is 0. The summed E-state index contributed by atoms with van der Waals surface area (Å²) < 4.78 is 12.5. The number of carbonyl (C=O) groups is 1. The molecule has 2 heterocycles. The highest BCUT2D eigenvalue weighted by Gasteiger charge is 2.27. The number of nitrogens with zero attached hydrogens (tertiary/aromatic N) is 3. The molecule has 0 bridgehead atoms. The second kappa shape index (κ2) is 6.19. The van der Waals surface area contributed by atoms with Gasteiger partial charge in [0, 0.05) is 13.1 Å². The Morgan fingerprint density at radius 3 is 2.82 bits per heavy atom. The summed E-state index contributed by atoms with van der Waals surface area (Å²) in [5.41, 5.74) is 1.22. The van der Waals surface area contributed by atoms with Gasteiger partial charge >= 0.3 is 0 Å². The lowest BCUT2D eigenvalue weighted by atomic mass is 10.2. The predicted octanol–water partition coefficient (Wildman–Crippen LogP) is 1.74. The topological polar surface area (TPSA) is 56.6 Å². The third-order valence-corrected chi connectivity index (χ3v) is 3.65. The van der Waals surface area contributed by atoms with Gasteiger partial charge < -0.3 is 14.4 Å². The fraction of sp³-hybridized carbons (Fsp3) is 0.375. The average molecular weight is 301 g/mol. The van der Waals surface area contributed by atoms with Crippen LogP contribution >= 0.6 is 0 Å². The van der Waals surface area contributed by atoms with Gasteiger partial charge in [0.1, 0.15) is 0 Å². The molecule has 1 atom stereocenters. The Balaban J connectivity index is 1.90. The van der Waals surface area contributed by atoms with Crippen molar-refractivity contribution in [1.29, 1.82) is 0 Å². The molecular weight excluding hydrogens is 282 g/mol. The van der Waals surface area contributed by atoms with E-state index in [1.54, 1.807) is 22.9 Å². The van der Waals surface area contributed by atoms with Crippen molar-refractivity contribution in [3.63, 3.8) is 0 Å². The summed E-state index contributed by atoms with van der Waals surface area (Å²) in [5, 5.41) is 4.41. The number of aromatic nitrogens is 2. The van der Waals surface area contributed by atoms with Crippen LogP contribution < -0.4 is 4.74 Å². The molecule has 3 rings (SSSR count). The first-order chi connectivity index (χ1) is 10.7. The van der Waals surface area contributed by atoms with Crippen molar-refractivity contribution in [3.05, 3.63) is 42.2 Å². The van der Waals surface area contributed by atoms with Crippen LogP contribution in [-0.2, 0) is 4.74 Å². The number of hydrogen-bond acceptors (Lipinski definition) is 4. The van der Waals surface area contributed by atoms with E-state index in [0.717, 1.165) is 5.69 Å². The first-order valence-corrected chi connectivity index (χ1v) is 7.29. The van der Waals surface area contributed by atoms with Crippen molar-refractivity contribution < 1.29 is 14.3 Å². The monoisotopic (exact) mass is 301 g/mol. The summed E-state index contributed by atoms with van der Waals surface area (Å²) in [6.45, 7) is 3.65. The lowest BCUT2D eigenvalue weighted by Gasteiger charge is -2.30. The molecule has 1 saturated heterocycles. The Kier molecular flexibility index (Phi) is 4.11. The van der Waals surface area contributed by atoms with Crippen molar-refractivity contribution in [2.24, 2.45) is 0 Å². The molecule has 1 unspecified atom stereocenters. The summed E-state index contributed by atoms with van der Waals surface area (Å²) in [7, 11) is 1.55. The molecule has 1 aromatic heterocycles. The van der Waals surface area contributed by atoms with Gasteiger partial charge in [-0.2, -0.15) is 5.10 Å². The Bertz CT molecular complexity index is 654. The number of ether oxygens (including phenoxy) is 2. The van der Waals surface area contributed by atoms with Crippen LogP contribution in [0.25, 0.3) is 5.69 Å². The van der Waals surface area contributed by atoms with Crippen LogP contribution in [0, 0.1) is 0 Å². The average Bonchev–Trinajstić information content (AvgIpc) is 2.99. The Morgan fingerprint density at radius 2 is 2.14 bits per heavy atom. The Labute approximate surface area is 129 Å². The summed E-state index contributed by atoms with van der Waals surface area (Å²) in [6.07, 6.45) is 1.77. The molecule has 0 radical (unpaired) electrons. The smallest absolute Gasteiger partial charge is 0.278 e. The number of amides is 1. The molecule has 6 heteroatoms. The highest BCUT2D eigenvalue weighted by Crippen LogP contribution is 2.22. The van der Waals surface area contributed by atoms with Crippen LogP contribution in [-0.4, -0.2) is 53.5 Å². The minimum absolute atomic E-state index is 0.0416. The molecule has 0 aliphatic carbocycles. The number of benzene rings is 1. The highest BCUT2D eigenvalue weighted by atomic mass is 16.5. The molecule has 6 nitrogen and oxygen atoms in total. The molecular formula is C16H19N3O3. The van der Waals surface area contributed by atoms with E-state index in [2.05, 4.69) is 5.10 Å². The molecule has 1 fully saturated rings. The molecule has 0 N–H and O–H groups in total. The lowest BCUT2D eigenvalue weighted by Crippen LogP contribution is -2.44. The predicted molar refractivity (Wildman–Crippen MR) is 81.4 cm³/mol. The van der Waals surface area contributed by atoms with E-state index in [4.69, 9.17) is 9.47 Å². The molecule has 1 aliphatic rings. The van der Waals surface area contributed by atoms with Crippen molar-refractivity contribution in [3.8, 4) is 11.4 Å². The maximum atomic E-state index is 12.7. The molecule has 116 valence electrons. The Morgan fingerprint density at radius 1 is 1.36 bits per heavy atom. The summed E-state index contributed by atoms with van der Waals surface area (Å²) in [5.74, 6) is 0.356. The zero-order valence-electron chi connectivity index (χ0n) is 12.7. The molecule has 22 heavy (non-hydrogen) atoms. The van der Waals surface area contributed by atoms with E-state index in [1.807, 2.05) is 37.3 Å². The van der Waals surface area contributed by atoms with Gasteiger partial charge in [-0.25, -0.2) is 4.68 Å². The zero-order chi connectivity index (χ0) is 15.5. The normalized spacial score (nSPS) is 18.3. The van der Waals surface area contributed by atoms with Gasteiger partial charge in [0.15, 0.2) is 11.4 Å². The largest absolute Gasteiger partial charge is 0.493 e. The molecule has 1 amide bonds. The minimum Gasteiger partial charge on any atom is -0.493 e. The Hall–Kier alpha value is -2.34. The van der Waals surface area contributed by atoms with E-state index in [-0.39, 0.29) is 12.0 Å². The quantitative estimate of drug-likeness (QED) is 0.866. The van der Waals surface area contributed by atoms with Crippen molar-refractivity contribution in [2.75, 3.05) is 26.8 Å². The number of morpholine rings is 1. The maximum absolute atomic E-state index is 12.7. The first-order valence-electron chi connectivity index (χ1n) is 7.29. The minimum atomic E-state index is -0.123. The molecule has 1 aliphatic heterocycles. The fourth-order valence-electron chi connectivity index (χ4n) is 2.52.